The van der Waals surface area contributed by atoms with Crippen molar-refractivity contribution in [1.82, 2.24) is 0 Å². The highest BCUT2D eigenvalue weighted by Gasteiger charge is 2.17. The number of nitrogens with two attached hydrogens (primary N) is 2. The summed E-state index contributed by atoms with van der Waals surface area (Å²) in [4.78, 5) is 0. The van der Waals surface area contributed by atoms with Crippen molar-refractivity contribution < 1.29 is 0 Å². The van der Waals surface area contributed by atoms with Crippen LogP contribution in [0.15, 0.2) is 66.7 Å². The lowest BCUT2D eigenvalue weighted by atomic mass is 9.82. The van der Waals surface area contributed by atoms with Gasteiger partial charge in [-0.15, -0.1) is 0 Å². The van der Waals surface area contributed by atoms with E-state index < -0.39 is 0 Å². The van der Waals surface area contributed by atoms with E-state index >= 15 is 0 Å². The summed E-state index contributed by atoms with van der Waals surface area (Å²) in [6.45, 7) is 6.81. The van der Waals surface area contributed by atoms with Gasteiger partial charge in [0.2, 0.25) is 0 Å². The predicted molar refractivity (Wildman–Crippen MR) is 113 cm³/mol. The molecule has 26 heavy (non-hydrogen) atoms. The number of hydrogen-bond acceptors (Lipinski definition) is 2. The van der Waals surface area contributed by atoms with Crippen LogP contribution in [0.4, 0.5) is 11.4 Å². The summed E-state index contributed by atoms with van der Waals surface area (Å²) in [6, 6.07) is 23.1. The maximum Gasteiger partial charge on any atom is 0.0314 e. The summed E-state index contributed by atoms with van der Waals surface area (Å²) in [6.07, 6.45) is 0.990. The molecule has 3 aromatic rings. The van der Waals surface area contributed by atoms with E-state index in [9.17, 15) is 0 Å². The maximum atomic E-state index is 5.90. The van der Waals surface area contributed by atoms with E-state index in [0.717, 1.165) is 17.8 Å². The van der Waals surface area contributed by atoms with Crippen molar-refractivity contribution in [1.29, 1.82) is 0 Å². The Morgan fingerprint density at radius 1 is 0.692 bits per heavy atom. The molecule has 0 bridgehead atoms. The Hall–Kier alpha value is -2.74. The summed E-state index contributed by atoms with van der Waals surface area (Å²) < 4.78 is 0. The number of nitrogen functional groups attached to an aromatic ring is 2. The highest BCUT2D eigenvalue weighted by atomic mass is 14.5. The first-order valence-corrected chi connectivity index (χ1v) is 9.29. The maximum absolute atomic E-state index is 5.90. The average molecular weight is 345 g/mol. The summed E-state index contributed by atoms with van der Waals surface area (Å²) in [7, 11) is 0. The zero-order valence-electron chi connectivity index (χ0n) is 15.9. The zero-order valence-corrected chi connectivity index (χ0v) is 15.9. The van der Waals surface area contributed by atoms with E-state index in [0.29, 0.717) is 11.8 Å². The van der Waals surface area contributed by atoms with Crippen molar-refractivity contribution in [3.63, 3.8) is 0 Å². The fourth-order valence-electron chi connectivity index (χ4n) is 3.58. The second kappa shape index (κ2) is 7.65. The summed E-state index contributed by atoms with van der Waals surface area (Å²) >= 11 is 0. The van der Waals surface area contributed by atoms with Crippen molar-refractivity contribution in [2.75, 3.05) is 11.5 Å². The molecule has 1 atom stereocenters. The monoisotopic (exact) mass is 344 g/mol. The molecule has 2 nitrogen and oxygen atoms in total. The summed E-state index contributed by atoms with van der Waals surface area (Å²) in [5, 5.41) is 0. The Bertz CT molecular complexity index is 862. The lowest BCUT2D eigenvalue weighted by Crippen LogP contribution is -2.04. The topological polar surface area (TPSA) is 52.0 Å². The minimum atomic E-state index is 0.407. The fraction of sp³-hybridized carbons (Fsp3) is 0.250. The Morgan fingerprint density at radius 3 is 1.81 bits per heavy atom. The van der Waals surface area contributed by atoms with Crippen LogP contribution in [-0.2, 0) is 6.42 Å². The molecule has 0 aliphatic carbocycles. The van der Waals surface area contributed by atoms with Crippen molar-refractivity contribution in [3.05, 3.63) is 83.4 Å². The molecule has 0 aromatic heterocycles. The van der Waals surface area contributed by atoms with Gasteiger partial charge >= 0.3 is 0 Å². The molecular weight excluding hydrogens is 316 g/mol. The number of rotatable bonds is 5. The molecular formula is C24H28N2. The van der Waals surface area contributed by atoms with Crippen LogP contribution in [-0.4, -0.2) is 0 Å². The first-order chi connectivity index (χ1) is 12.5. The van der Waals surface area contributed by atoms with Gasteiger partial charge in [0.05, 0.1) is 0 Å². The molecule has 0 saturated carbocycles. The minimum absolute atomic E-state index is 0.407. The molecule has 0 amide bonds. The SMILES string of the molecule is CC(C)c1cccc(C(C)Cc2ccc(N)cc2)c1-c1ccc(N)cc1. The van der Waals surface area contributed by atoms with E-state index in [2.05, 4.69) is 63.2 Å². The average Bonchev–Trinajstić information content (AvgIpc) is 2.63. The van der Waals surface area contributed by atoms with Crippen LogP contribution in [0.25, 0.3) is 11.1 Å². The van der Waals surface area contributed by atoms with E-state index in [1.807, 2.05) is 24.3 Å². The van der Waals surface area contributed by atoms with Crippen molar-refractivity contribution >= 4 is 11.4 Å². The number of anilines is 2. The third kappa shape index (κ3) is 3.91. The van der Waals surface area contributed by atoms with Gasteiger partial charge in [-0.05, 0) is 70.3 Å². The van der Waals surface area contributed by atoms with Crippen molar-refractivity contribution in [2.24, 2.45) is 0 Å². The van der Waals surface area contributed by atoms with Gasteiger partial charge in [0.1, 0.15) is 0 Å². The molecule has 1 unspecified atom stereocenters. The Kier molecular flexibility index (Phi) is 5.32. The molecule has 0 aliphatic rings. The molecule has 134 valence electrons. The molecule has 0 spiro atoms. The quantitative estimate of drug-likeness (QED) is 0.559. The van der Waals surface area contributed by atoms with Crippen LogP contribution in [0.3, 0.4) is 0 Å². The predicted octanol–water partition coefficient (Wildman–Crippen LogP) is 5.99. The van der Waals surface area contributed by atoms with Crippen LogP contribution in [0.5, 0.6) is 0 Å². The van der Waals surface area contributed by atoms with E-state index in [-0.39, 0.29) is 0 Å². The van der Waals surface area contributed by atoms with E-state index in [1.165, 1.54) is 27.8 Å². The molecule has 3 aromatic carbocycles. The lowest BCUT2D eigenvalue weighted by molar-refractivity contribution is 0.755. The lowest BCUT2D eigenvalue weighted by Gasteiger charge is -2.22. The van der Waals surface area contributed by atoms with Crippen LogP contribution in [0.1, 0.15) is 49.3 Å². The van der Waals surface area contributed by atoms with Gasteiger partial charge in [-0.3, -0.25) is 0 Å². The minimum Gasteiger partial charge on any atom is -0.399 e. The smallest absolute Gasteiger partial charge is 0.0314 e. The Morgan fingerprint density at radius 2 is 1.23 bits per heavy atom. The first-order valence-electron chi connectivity index (χ1n) is 9.29. The van der Waals surface area contributed by atoms with Gasteiger partial charge < -0.3 is 11.5 Å². The van der Waals surface area contributed by atoms with Crippen molar-refractivity contribution in [3.8, 4) is 11.1 Å². The van der Waals surface area contributed by atoms with Gasteiger partial charge in [-0.1, -0.05) is 63.2 Å². The standard InChI is InChI=1S/C24H28N2/c1-16(2)22-5-4-6-23(24(22)19-9-13-21(26)14-10-19)17(3)15-18-7-11-20(25)12-8-18/h4-14,16-17H,15,25-26H2,1-3H3. The highest BCUT2D eigenvalue weighted by molar-refractivity contribution is 5.73. The van der Waals surface area contributed by atoms with Crippen LogP contribution in [0, 0.1) is 0 Å². The molecule has 0 radical (unpaired) electrons. The number of hydrogen-bond donors (Lipinski definition) is 2. The van der Waals surface area contributed by atoms with Crippen molar-refractivity contribution in [2.45, 2.75) is 39.0 Å². The van der Waals surface area contributed by atoms with E-state index in [4.69, 9.17) is 11.5 Å². The van der Waals surface area contributed by atoms with E-state index in [1.54, 1.807) is 0 Å². The molecule has 0 heterocycles. The van der Waals surface area contributed by atoms with Crippen LogP contribution < -0.4 is 11.5 Å². The Balaban J connectivity index is 2.04. The molecule has 0 fully saturated rings. The number of benzene rings is 3. The van der Waals surface area contributed by atoms with Gasteiger partial charge in [0, 0.05) is 11.4 Å². The summed E-state index contributed by atoms with van der Waals surface area (Å²) in [5.74, 6) is 0.871. The zero-order chi connectivity index (χ0) is 18.7. The molecule has 2 heteroatoms. The molecule has 0 aliphatic heterocycles. The fourth-order valence-corrected chi connectivity index (χ4v) is 3.58. The Labute approximate surface area is 156 Å². The summed E-state index contributed by atoms with van der Waals surface area (Å²) in [5.41, 5.74) is 20.0. The third-order valence-corrected chi connectivity index (χ3v) is 5.00. The molecule has 0 saturated heterocycles. The third-order valence-electron chi connectivity index (χ3n) is 5.00. The van der Waals surface area contributed by atoms with Crippen LogP contribution in [0.2, 0.25) is 0 Å². The van der Waals surface area contributed by atoms with Gasteiger partial charge in [0.15, 0.2) is 0 Å². The molecule has 3 rings (SSSR count). The second-order valence-electron chi connectivity index (χ2n) is 7.43. The normalized spacial score (nSPS) is 12.3. The largest absolute Gasteiger partial charge is 0.399 e. The second-order valence-corrected chi connectivity index (χ2v) is 7.43. The van der Waals surface area contributed by atoms with Gasteiger partial charge in [-0.2, -0.15) is 0 Å². The van der Waals surface area contributed by atoms with Crippen LogP contribution >= 0.6 is 0 Å². The van der Waals surface area contributed by atoms with Gasteiger partial charge in [-0.25, -0.2) is 0 Å². The highest BCUT2D eigenvalue weighted by Crippen LogP contribution is 2.37. The van der Waals surface area contributed by atoms with Gasteiger partial charge in [0.25, 0.3) is 0 Å². The molecule has 4 N–H and O–H groups in total. The first kappa shape index (κ1) is 18.1.